The van der Waals surface area contributed by atoms with E-state index in [1.807, 2.05) is 0 Å². The van der Waals surface area contributed by atoms with E-state index in [0.29, 0.717) is 0 Å². The fourth-order valence-electron chi connectivity index (χ4n) is 5.39. The van der Waals surface area contributed by atoms with Gasteiger partial charge < -0.3 is 0 Å². The SMILES string of the molecule is CCC[CH2][Sn](/[CH]=C\[Si](c1ccccc1)(c1ccccc1)C(C)(C)C)([CH2]CCC)[CH2]CCC. The van der Waals surface area contributed by atoms with Crippen molar-refractivity contribution in [2.45, 2.75) is 98.4 Å². The van der Waals surface area contributed by atoms with Gasteiger partial charge in [0.1, 0.15) is 0 Å². The molecule has 0 aromatic heterocycles. The Balaban J connectivity index is 2.70. The van der Waals surface area contributed by atoms with Gasteiger partial charge in [0.25, 0.3) is 0 Å². The molecular weight excluding hydrogens is 507 g/mol. The molecule has 0 saturated heterocycles. The molecule has 0 aliphatic rings. The molecule has 2 aromatic rings. The number of rotatable bonds is 13. The van der Waals surface area contributed by atoms with Gasteiger partial charge in [-0.3, -0.25) is 0 Å². The van der Waals surface area contributed by atoms with E-state index in [9.17, 15) is 0 Å². The van der Waals surface area contributed by atoms with Gasteiger partial charge in [-0.25, -0.2) is 0 Å². The summed E-state index contributed by atoms with van der Waals surface area (Å²) in [7, 11) is -2.10. The molecule has 0 unspecified atom stereocenters. The van der Waals surface area contributed by atoms with Crippen LogP contribution in [0.15, 0.2) is 70.5 Å². The second-order valence-corrected chi connectivity index (χ2v) is 28.4. The third kappa shape index (κ3) is 6.85. The van der Waals surface area contributed by atoms with Crippen molar-refractivity contribution in [2.24, 2.45) is 0 Å². The van der Waals surface area contributed by atoms with Gasteiger partial charge in [0.2, 0.25) is 0 Å². The van der Waals surface area contributed by atoms with Crippen molar-refractivity contribution < 1.29 is 0 Å². The molecule has 0 nitrogen and oxygen atoms in total. The minimum atomic E-state index is -2.38. The zero-order valence-electron chi connectivity index (χ0n) is 21.8. The molecule has 0 saturated carbocycles. The van der Waals surface area contributed by atoms with Crippen LogP contribution in [0.25, 0.3) is 0 Å². The Bertz CT molecular complexity index is 727. The normalized spacial score (nSPS) is 13.1. The molecule has 0 aliphatic carbocycles. The quantitative estimate of drug-likeness (QED) is 0.217. The van der Waals surface area contributed by atoms with E-state index in [1.165, 1.54) is 38.5 Å². The molecule has 2 heteroatoms. The van der Waals surface area contributed by atoms with Gasteiger partial charge in [0.05, 0.1) is 0 Å². The van der Waals surface area contributed by atoms with E-state index >= 15 is 0 Å². The first-order valence-corrected chi connectivity index (χ1v) is 22.9. The van der Waals surface area contributed by atoms with E-state index in [1.54, 1.807) is 23.7 Å². The van der Waals surface area contributed by atoms with Crippen molar-refractivity contribution in [3.05, 3.63) is 70.5 Å². The zero-order valence-corrected chi connectivity index (χ0v) is 25.6. The van der Waals surface area contributed by atoms with E-state index < -0.39 is 26.5 Å². The monoisotopic (exact) mass is 556 g/mol. The molecule has 2 rings (SSSR count). The maximum absolute atomic E-state index is 2.95. The topological polar surface area (TPSA) is 0 Å². The zero-order chi connectivity index (χ0) is 23.5. The van der Waals surface area contributed by atoms with Crippen molar-refractivity contribution in [1.29, 1.82) is 0 Å². The molecule has 0 heterocycles. The molecule has 0 radical (unpaired) electrons. The summed E-state index contributed by atoms with van der Waals surface area (Å²) in [6, 6.07) is 23.0. The summed E-state index contributed by atoms with van der Waals surface area (Å²) in [5.74, 6) is 0. The Kier molecular flexibility index (Phi) is 11.3. The number of hydrogen-bond donors (Lipinski definition) is 0. The molecule has 176 valence electrons. The average molecular weight is 556 g/mol. The third-order valence-electron chi connectivity index (χ3n) is 7.41. The van der Waals surface area contributed by atoms with Crippen LogP contribution in [0.2, 0.25) is 18.3 Å². The first-order chi connectivity index (χ1) is 15.3. The Morgan fingerprint density at radius 1 is 0.656 bits per heavy atom. The van der Waals surface area contributed by atoms with Crippen molar-refractivity contribution >= 4 is 36.8 Å². The molecule has 0 N–H and O–H groups in total. The molecule has 0 amide bonds. The molecule has 32 heavy (non-hydrogen) atoms. The molecule has 0 bridgehead atoms. The van der Waals surface area contributed by atoms with Gasteiger partial charge in [-0.05, 0) is 0 Å². The van der Waals surface area contributed by atoms with Crippen LogP contribution in [0.5, 0.6) is 0 Å². The molecule has 0 atom stereocenters. The maximum atomic E-state index is 2.95. The van der Waals surface area contributed by atoms with Crippen LogP contribution in [0.3, 0.4) is 0 Å². The van der Waals surface area contributed by atoms with Crippen LogP contribution in [0.4, 0.5) is 0 Å². The van der Waals surface area contributed by atoms with Crippen LogP contribution >= 0.6 is 0 Å². The van der Waals surface area contributed by atoms with Crippen molar-refractivity contribution in [2.75, 3.05) is 0 Å². The third-order valence-corrected chi connectivity index (χ3v) is 27.9. The fourth-order valence-corrected chi connectivity index (χ4v) is 28.2. The molecule has 0 aliphatic heterocycles. The van der Waals surface area contributed by atoms with Gasteiger partial charge in [0, 0.05) is 0 Å². The van der Waals surface area contributed by atoms with Gasteiger partial charge >= 0.3 is 206 Å². The first kappa shape index (κ1) is 27.4. The summed E-state index contributed by atoms with van der Waals surface area (Å²) in [6.45, 7) is 14.6. The second kappa shape index (κ2) is 13.2. The van der Waals surface area contributed by atoms with Crippen LogP contribution in [0.1, 0.15) is 80.1 Å². The number of benzene rings is 2. The molecular formula is C30H48SiSn. The molecule has 0 fully saturated rings. The van der Waals surface area contributed by atoms with Crippen LogP contribution in [-0.2, 0) is 0 Å². The van der Waals surface area contributed by atoms with Crippen molar-refractivity contribution in [1.82, 2.24) is 0 Å². The average Bonchev–Trinajstić information content (AvgIpc) is 2.80. The Labute approximate surface area is 204 Å². The van der Waals surface area contributed by atoms with Gasteiger partial charge in [-0.1, -0.05) is 0 Å². The first-order valence-electron chi connectivity index (χ1n) is 13.2. The van der Waals surface area contributed by atoms with Gasteiger partial charge in [-0.2, -0.15) is 0 Å². The van der Waals surface area contributed by atoms with E-state index in [4.69, 9.17) is 0 Å². The van der Waals surface area contributed by atoms with E-state index in [0.717, 1.165) is 0 Å². The Morgan fingerprint density at radius 2 is 1.03 bits per heavy atom. The standard InChI is InChI=1S/C18H21Si.3C4H9.Sn/c1-5-19(18(2,3)4,16-12-8-6-9-13-16)17-14-10-7-11-15-17;3*1-3-4-2;/h1,5-15H,2-4H3;3*1,3-4H2,2H3;. The number of unbranched alkanes of at least 4 members (excludes halogenated alkanes) is 3. The van der Waals surface area contributed by atoms with Crippen LogP contribution in [-0.4, -0.2) is 26.5 Å². The Morgan fingerprint density at radius 3 is 1.34 bits per heavy atom. The Hall–Kier alpha value is -0.804. The van der Waals surface area contributed by atoms with Gasteiger partial charge in [0.15, 0.2) is 0 Å². The van der Waals surface area contributed by atoms with Gasteiger partial charge in [-0.15, -0.1) is 0 Å². The predicted molar refractivity (Wildman–Crippen MR) is 152 cm³/mol. The summed E-state index contributed by atoms with van der Waals surface area (Å²) >= 11 is -2.38. The summed E-state index contributed by atoms with van der Waals surface area (Å²) in [4.78, 5) is 0. The van der Waals surface area contributed by atoms with E-state index in [2.05, 4.69) is 112 Å². The van der Waals surface area contributed by atoms with Crippen LogP contribution in [0, 0.1) is 0 Å². The minimum absolute atomic E-state index is 0.212. The second-order valence-electron chi connectivity index (χ2n) is 10.8. The van der Waals surface area contributed by atoms with E-state index in [-0.39, 0.29) is 5.04 Å². The number of hydrogen-bond acceptors (Lipinski definition) is 0. The van der Waals surface area contributed by atoms with Crippen molar-refractivity contribution in [3.8, 4) is 0 Å². The van der Waals surface area contributed by atoms with Crippen molar-refractivity contribution in [3.63, 3.8) is 0 Å². The fraction of sp³-hybridized carbons (Fsp3) is 0.533. The molecule has 0 spiro atoms. The summed E-state index contributed by atoms with van der Waals surface area (Å²) in [5.41, 5.74) is 2.86. The summed E-state index contributed by atoms with van der Waals surface area (Å²) < 4.78 is 7.58. The molecule has 2 aromatic carbocycles. The van der Waals surface area contributed by atoms with Crippen LogP contribution < -0.4 is 10.4 Å². The summed E-state index contributed by atoms with van der Waals surface area (Å²) in [6.07, 6.45) is 8.29. The summed E-state index contributed by atoms with van der Waals surface area (Å²) in [5, 5.41) is 3.35. The predicted octanol–water partition coefficient (Wildman–Crippen LogP) is 8.53.